The molecule has 1 aliphatic heterocycles. The number of nitrogens with zero attached hydrogens (tertiary/aromatic N) is 2. The SMILES string of the molecule is COc1ccc2c(O)n(CC3(c4ccc(Br)cc4)NC(=O)N(C(=O)OC(C)(C)C)C3=O)cc2c1. The van der Waals surface area contributed by atoms with Gasteiger partial charge in [0.15, 0.2) is 11.4 Å². The lowest BCUT2D eigenvalue weighted by Gasteiger charge is -2.28. The maximum absolute atomic E-state index is 13.7. The second kappa shape index (κ2) is 8.35. The highest BCUT2D eigenvalue weighted by Crippen LogP contribution is 2.37. The number of imide groups is 3. The largest absolute Gasteiger partial charge is 0.497 e. The van der Waals surface area contributed by atoms with Crippen molar-refractivity contribution in [3.63, 3.8) is 0 Å². The summed E-state index contributed by atoms with van der Waals surface area (Å²) >= 11 is 3.37. The number of urea groups is 1. The Morgan fingerprint density at radius 3 is 2.44 bits per heavy atom. The van der Waals surface area contributed by atoms with E-state index in [1.807, 2.05) is 0 Å². The second-order valence-corrected chi connectivity index (χ2v) is 9.91. The maximum atomic E-state index is 13.7. The van der Waals surface area contributed by atoms with Gasteiger partial charge in [0.1, 0.15) is 11.4 Å². The summed E-state index contributed by atoms with van der Waals surface area (Å²) in [5.41, 5.74) is -2.13. The van der Waals surface area contributed by atoms with Crippen molar-refractivity contribution in [2.45, 2.75) is 38.5 Å². The molecule has 4 rings (SSSR count). The number of amides is 4. The molecule has 9 nitrogen and oxygen atoms in total. The highest BCUT2D eigenvalue weighted by molar-refractivity contribution is 9.10. The van der Waals surface area contributed by atoms with Gasteiger partial charge in [-0.3, -0.25) is 4.79 Å². The third-order valence-electron chi connectivity index (χ3n) is 5.48. The molecular weight excluding hydrogens is 506 g/mol. The van der Waals surface area contributed by atoms with E-state index in [1.54, 1.807) is 76.5 Å². The van der Waals surface area contributed by atoms with E-state index >= 15 is 0 Å². The van der Waals surface area contributed by atoms with E-state index in [2.05, 4.69) is 21.2 Å². The first-order valence-electron chi connectivity index (χ1n) is 10.5. The van der Waals surface area contributed by atoms with Gasteiger partial charge < -0.3 is 24.5 Å². The van der Waals surface area contributed by atoms with Crippen LogP contribution in [0, 0.1) is 0 Å². The molecule has 1 aromatic heterocycles. The van der Waals surface area contributed by atoms with Crippen molar-refractivity contribution < 1.29 is 29.0 Å². The first-order chi connectivity index (χ1) is 15.9. The minimum atomic E-state index is -1.66. The fraction of sp³-hybridized carbons (Fsp3) is 0.292. The van der Waals surface area contributed by atoms with E-state index < -0.39 is 29.2 Å². The van der Waals surface area contributed by atoms with E-state index in [0.717, 1.165) is 4.47 Å². The topological polar surface area (TPSA) is 110 Å². The van der Waals surface area contributed by atoms with Crippen LogP contribution in [0.1, 0.15) is 26.3 Å². The van der Waals surface area contributed by atoms with Gasteiger partial charge in [0, 0.05) is 21.4 Å². The van der Waals surface area contributed by atoms with Gasteiger partial charge in [0.25, 0.3) is 5.91 Å². The van der Waals surface area contributed by atoms with Gasteiger partial charge in [-0.2, -0.15) is 4.90 Å². The molecule has 1 atom stereocenters. The normalized spacial score (nSPS) is 18.3. The zero-order chi connectivity index (χ0) is 24.8. The molecule has 10 heteroatoms. The Kier molecular flexibility index (Phi) is 5.80. The standard InChI is InChI=1S/C24H24BrN3O6/c1-23(2,3)34-22(32)28-20(30)24(26-21(28)31,15-5-7-16(25)8-6-15)13-27-12-14-11-17(33-4)9-10-18(14)19(27)29/h5-12,29H,13H2,1-4H3,(H,26,31). The molecule has 4 amide bonds. The van der Waals surface area contributed by atoms with E-state index in [9.17, 15) is 19.5 Å². The molecule has 178 valence electrons. The Labute approximate surface area is 204 Å². The molecule has 34 heavy (non-hydrogen) atoms. The lowest BCUT2D eigenvalue weighted by atomic mass is 9.89. The second-order valence-electron chi connectivity index (χ2n) is 9.00. The Morgan fingerprint density at radius 2 is 1.82 bits per heavy atom. The molecule has 0 aliphatic carbocycles. The molecule has 1 aliphatic rings. The van der Waals surface area contributed by atoms with E-state index in [1.165, 1.54) is 4.57 Å². The number of hydrogen-bond acceptors (Lipinski definition) is 6. The number of nitrogens with one attached hydrogen (secondary N) is 1. The summed E-state index contributed by atoms with van der Waals surface area (Å²) in [4.78, 5) is 39.8. The van der Waals surface area contributed by atoms with Gasteiger partial charge >= 0.3 is 12.1 Å². The lowest BCUT2D eigenvalue weighted by molar-refractivity contribution is -0.131. The summed E-state index contributed by atoms with van der Waals surface area (Å²) in [5.74, 6) is -0.288. The van der Waals surface area contributed by atoms with E-state index in [4.69, 9.17) is 9.47 Å². The predicted octanol–water partition coefficient (Wildman–Crippen LogP) is 4.50. The van der Waals surface area contributed by atoms with Crippen LogP contribution in [0.4, 0.5) is 9.59 Å². The van der Waals surface area contributed by atoms with Crippen molar-refractivity contribution in [1.82, 2.24) is 14.8 Å². The summed E-state index contributed by atoms with van der Waals surface area (Å²) in [6.45, 7) is 4.76. The van der Waals surface area contributed by atoms with Crippen LogP contribution in [0.25, 0.3) is 10.8 Å². The molecule has 0 radical (unpaired) electrons. The van der Waals surface area contributed by atoms with Crippen LogP contribution in [0.15, 0.2) is 53.1 Å². The summed E-state index contributed by atoms with van der Waals surface area (Å²) in [6, 6.07) is 11.1. The smallest absolute Gasteiger partial charge is 0.425 e. The average Bonchev–Trinajstić information content (AvgIpc) is 3.20. The Balaban J connectivity index is 1.81. The summed E-state index contributed by atoms with van der Waals surface area (Å²) < 4.78 is 12.8. The molecule has 2 aromatic carbocycles. The molecule has 1 unspecified atom stereocenters. The lowest BCUT2D eigenvalue weighted by Crippen LogP contribution is -2.48. The van der Waals surface area contributed by atoms with Gasteiger partial charge in [0.2, 0.25) is 0 Å². The fourth-order valence-electron chi connectivity index (χ4n) is 3.91. The van der Waals surface area contributed by atoms with Gasteiger partial charge in [-0.1, -0.05) is 28.1 Å². The molecule has 1 fully saturated rings. The van der Waals surface area contributed by atoms with Crippen LogP contribution < -0.4 is 10.1 Å². The number of carbonyl (C=O) groups is 3. The number of fused-ring (bicyclic) bond motifs is 1. The van der Waals surface area contributed by atoms with Crippen molar-refractivity contribution in [2.24, 2.45) is 0 Å². The molecule has 0 saturated carbocycles. The highest BCUT2D eigenvalue weighted by Gasteiger charge is 2.56. The van der Waals surface area contributed by atoms with Gasteiger partial charge in [-0.25, -0.2) is 9.59 Å². The van der Waals surface area contributed by atoms with Crippen LogP contribution in [0.2, 0.25) is 0 Å². The minimum Gasteiger partial charge on any atom is -0.497 e. The molecule has 2 heterocycles. The number of aromatic hydroxyl groups is 1. The monoisotopic (exact) mass is 529 g/mol. The molecule has 0 bridgehead atoms. The molecule has 0 spiro atoms. The van der Waals surface area contributed by atoms with E-state index in [-0.39, 0.29) is 12.4 Å². The van der Waals surface area contributed by atoms with Crippen LogP contribution >= 0.6 is 15.9 Å². The van der Waals surface area contributed by atoms with Crippen LogP contribution in [-0.2, 0) is 21.6 Å². The van der Waals surface area contributed by atoms with Crippen molar-refractivity contribution in [1.29, 1.82) is 0 Å². The first-order valence-corrected chi connectivity index (χ1v) is 11.3. The van der Waals surface area contributed by atoms with E-state index in [0.29, 0.717) is 27.0 Å². The highest BCUT2D eigenvalue weighted by atomic mass is 79.9. The number of aromatic nitrogens is 1. The fourth-order valence-corrected chi connectivity index (χ4v) is 4.18. The summed E-state index contributed by atoms with van der Waals surface area (Å²) in [7, 11) is 1.54. The first kappa shape index (κ1) is 23.6. The zero-order valence-electron chi connectivity index (χ0n) is 19.1. The summed E-state index contributed by atoms with van der Waals surface area (Å²) in [6.07, 6.45) is 0.587. The average molecular weight is 530 g/mol. The molecule has 1 saturated heterocycles. The quantitative estimate of drug-likeness (QED) is 0.481. The summed E-state index contributed by atoms with van der Waals surface area (Å²) in [5, 5.41) is 14.8. The molecule has 3 aromatic rings. The predicted molar refractivity (Wildman–Crippen MR) is 128 cm³/mol. The van der Waals surface area contributed by atoms with Crippen molar-refractivity contribution >= 4 is 44.7 Å². The van der Waals surface area contributed by atoms with Crippen LogP contribution in [-0.4, -0.2) is 45.3 Å². The van der Waals surface area contributed by atoms with Gasteiger partial charge in [0.05, 0.1) is 13.7 Å². The molecule has 2 N–H and O–H groups in total. The number of ether oxygens (including phenoxy) is 2. The molecular formula is C24H24BrN3O6. The Bertz CT molecular complexity index is 1290. The number of methoxy groups -OCH3 is 1. The third-order valence-corrected chi connectivity index (χ3v) is 6.01. The third kappa shape index (κ3) is 4.09. The number of halogens is 1. The van der Waals surface area contributed by atoms with Crippen molar-refractivity contribution in [3.05, 3.63) is 58.7 Å². The van der Waals surface area contributed by atoms with Crippen LogP contribution in [0.3, 0.4) is 0 Å². The number of benzene rings is 2. The number of carbonyl (C=O) groups excluding carboxylic acids is 3. The van der Waals surface area contributed by atoms with Crippen molar-refractivity contribution in [2.75, 3.05) is 7.11 Å². The van der Waals surface area contributed by atoms with Gasteiger partial charge in [-0.05, 0) is 56.7 Å². The number of hydrogen-bond donors (Lipinski definition) is 2. The van der Waals surface area contributed by atoms with Crippen LogP contribution in [0.5, 0.6) is 11.6 Å². The maximum Gasteiger partial charge on any atom is 0.425 e. The zero-order valence-corrected chi connectivity index (χ0v) is 20.7. The minimum absolute atomic E-state index is 0.0908. The van der Waals surface area contributed by atoms with Gasteiger partial charge in [-0.15, -0.1) is 0 Å². The van der Waals surface area contributed by atoms with Crippen molar-refractivity contribution in [3.8, 4) is 11.6 Å². The Morgan fingerprint density at radius 1 is 1.15 bits per heavy atom. The number of rotatable bonds is 4. The Hall–Kier alpha value is -3.53.